The van der Waals surface area contributed by atoms with Gasteiger partial charge in [0.15, 0.2) is 5.82 Å². The third kappa shape index (κ3) is 5.45. The summed E-state index contributed by atoms with van der Waals surface area (Å²) in [7, 11) is 3.62. The zero-order valence-corrected chi connectivity index (χ0v) is 20.6. The summed E-state index contributed by atoms with van der Waals surface area (Å²) in [6.07, 6.45) is 4.13. The van der Waals surface area contributed by atoms with Crippen molar-refractivity contribution in [1.82, 2.24) is 14.5 Å². The predicted molar refractivity (Wildman–Crippen MR) is 140 cm³/mol. The summed E-state index contributed by atoms with van der Waals surface area (Å²) in [6.45, 7) is 7.65. The number of unbranched alkanes of at least 4 members (excludes halogenated alkanes) is 1. The van der Waals surface area contributed by atoms with Gasteiger partial charge < -0.3 is 20.4 Å². The van der Waals surface area contributed by atoms with Crippen LogP contribution < -0.4 is 11.1 Å². The molecule has 4 rings (SSSR count). The number of benzene rings is 2. The van der Waals surface area contributed by atoms with Gasteiger partial charge in [-0.3, -0.25) is 0 Å². The van der Waals surface area contributed by atoms with E-state index in [1.807, 2.05) is 33.0 Å². The molecule has 4 aromatic rings. The Labute approximate surface area is 197 Å². The number of nitrogens with zero attached hydrogens (tertiary/aromatic N) is 3. The van der Waals surface area contributed by atoms with E-state index in [1.54, 1.807) is 7.11 Å². The van der Waals surface area contributed by atoms with E-state index in [2.05, 4.69) is 47.1 Å². The number of ether oxygens (including phenoxy) is 1. The number of nitrogen functional groups attached to an aromatic ring is 1. The molecule has 3 N–H and O–H groups in total. The standard InChI is InChI=1S/C25H31N5O.C2H6/c1-4-5-6-22-29-23-24(30(22)14-13-17-7-10-19(26)11-8-17)20-12-9-18(16-31-3)15-21(20)28-25(23)27-2;1-2/h7-12,15H,4-6,13-14,16,26H2,1-3H3,(H,27,28);1-2H3. The highest BCUT2D eigenvalue weighted by atomic mass is 16.5. The summed E-state index contributed by atoms with van der Waals surface area (Å²) < 4.78 is 7.71. The fourth-order valence-corrected chi connectivity index (χ4v) is 4.10. The average Bonchev–Trinajstić information content (AvgIpc) is 3.21. The molecule has 0 fully saturated rings. The van der Waals surface area contributed by atoms with Crippen molar-refractivity contribution in [3.63, 3.8) is 0 Å². The maximum absolute atomic E-state index is 5.86. The molecule has 0 spiro atoms. The Morgan fingerprint density at radius 1 is 1.00 bits per heavy atom. The van der Waals surface area contributed by atoms with E-state index >= 15 is 0 Å². The monoisotopic (exact) mass is 447 g/mol. The van der Waals surface area contributed by atoms with Crippen LogP contribution >= 0.6 is 0 Å². The van der Waals surface area contributed by atoms with E-state index < -0.39 is 0 Å². The molecule has 0 bridgehead atoms. The minimum atomic E-state index is 0.572. The van der Waals surface area contributed by atoms with Crippen LogP contribution in [0.25, 0.3) is 21.9 Å². The molecule has 6 heteroatoms. The van der Waals surface area contributed by atoms with Crippen molar-refractivity contribution in [1.29, 1.82) is 0 Å². The lowest BCUT2D eigenvalue weighted by Crippen LogP contribution is -2.07. The zero-order chi connectivity index (χ0) is 23.8. The van der Waals surface area contributed by atoms with Gasteiger partial charge in [-0.05, 0) is 42.2 Å². The van der Waals surface area contributed by atoms with Gasteiger partial charge in [-0.25, -0.2) is 9.97 Å². The maximum Gasteiger partial charge on any atom is 0.154 e. The molecule has 0 saturated carbocycles. The van der Waals surface area contributed by atoms with Gasteiger partial charge in [-0.15, -0.1) is 0 Å². The molecule has 0 aliphatic carbocycles. The first-order chi connectivity index (χ1) is 16.1. The fourth-order valence-electron chi connectivity index (χ4n) is 4.10. The lowest BCUT2D eigenvalue weighted by Gasteiger charge is -2.12. The van der Waals surface area contributed by atoms with Crippen molar-refractivity contribution < 1.29 is 4.74 Å². The first-order valence-corrected chi connectivity index (χ1v) is 12.0. The maximum atomic E-state index is 5.86. The van der Waals surface area contributed by atoms with Gasteiger partial charge in [0.05, 0.1) is 17.6 Å². The van der Waals surface area contributed by atoms with E-state index in [0.717, 1.165) is 77.1 Å². The van der Waals surface area contributed by atoms with Gasteiger partial charge in [-0.1, -0.05) is 51.5 Å². The number of anilines is 2. The van der Waals surface area contributed by atoms with Gasteiger partial charge in [0.25, 0.3) is 0 Å². The normalized spacial score (nSPS) is 10.9. The molecule has 0 aliphatic heterocycles. The van der Waals surface area contributed by atoms with Crippen LogP contribution in [0.4, 0.5) is 11.5 Å². The van der Waals surface area contributed by atoms with Gasteiger partial charge in [0, 0.05) is 38.2 Å². The van der Waals surface area contributed by atoms with Crippen molar-refractivity contribution in [2.24, 2.45) is 0 Å². The molecular weight excluding hydrogens is 410 g/mol. The van der Waals surface area contributed by atoms with Crippen LogP contribution in [0.1, 0.15) is 50.6 Å². The molecule has 0 radical (unpaired) electrons. The molecule has 0 aliphatic rings. The summed E-state index contributed by atoms with van der Waals surface area (Å²) in [4.78, 5) is 9.92. The Kier molecular flexibility index (Phi) is 8.66. The highest BCUT2D eigenvalue weighted by molar-refractivity contribution is 6.07. The Bertz CT molecular complexity index is 1180. The zero-order valence-electron chi connectivity index (χ0n) is 20.6. The number of nitrogens with two attached hydrogens (primary N) is 1. The minimum absolute atomic E-state index is 0.572. The number of hydrogen-bond acceptors (Lipinski definition) is 5. The third-order valence-corrected chi connectivity index (χ3v) is 5.73. The van der Waals surface area contributed by atoms with Crippen LogP contribution in [0.3, 0.4) is 0 Å². The highest BCUT2D eigenvalue weighted by Crippen LogP contribution is 2.31. The van der Waals surface area contributed by atoms with Crippen LogP contribution in [-0.2, 0) is 30.7 Å². The van der Waals surface area contributed by atoms with Crippen molar-refractivity contribution in [3.8, 4) is 0 Å². The molecule has 0 saturated heterocycles. The van der Waals surface area contributed by atoms with Gasteiger partial charge in [0.2, 0.25) is 0 Å². The summed E-state index contributed by atoms with van der Waals surface area (Å²) >= 11 is 0. The number of hydrogen-bond donors (Lipinski definition) is 2. The highest BCUT2D eigenvalue weighted by Gasteiger charge is 2.18. The van der Waals surface area contributed by atoms with Crippen LogP contribution in [0.2, 0.25) is 0 Å². The largest absolute Gasteiger partial charge is 0.399 e. The number of rotatable bonds is 9. The summed E-state index contributed by atoms with van der Waals surface area (Å²) in [5, 5.41) is 4.38. The molecule has 176 valence electrons. The average molecular weight is 448 g/mol. The Morgan fingerprint density at radius 3 is 2.39 bits per heavy atom. The summed E-state index contributed by atoms with van der Waals surface area (Å²) in [5.74, 6) is 1.94. The van der Waals surface area contributed by atoms with Gasteiger partial charge in [0.1, 0.15) is 11.3 Å². The quantitative estimate of drug-likeness (QED) is 0.309. The third-order valence-electron chi connectivity index (χ3n) is 5.73. The Balaban J connectivity index is 0.00000149. The van der Waals surface area contributed by atoms with Crippen LogP contribution in [0.15, 0.2) is 42.5 Å². The van der Waals surface area contributed by atoms with Crippen molar-refractivity contribution in [2.75, 3.05) is 25.2 Å². The minimum Gasteiger partial charge on any atom is -0.399 e. The Hall–Kier alpha value is -3.12. The number of aromatic nitrogens is 3. The molecule has 0 unspecified atom stereocenters. The molecule has 2 heterocycles. The first kappa shape index (κ1) is 24.5. The summed E-state index contributed by atoms with van der Waals surface area (Å²) in [5.41, 5.74) is 12.1. The molecule has 2 aromatic carbocycles. The smallest absolute Gasteiger partial charge is 0.154 e. The molecule has 2 aromatic heterocycles. The molecular formula is C27H37N5O. The second-order valence-corrected chi connectivity index (χ2v) is 7.97. The van der Waals surface area contributed by atoms with E-state index in [1.165, 1.54) is 5.56 Å². The van der Waals surface area contributed by atoms with Gasteiger partial charge in [-0.2, -0.15) is 0 Å². The predicted octanol–water partition coefficient (Wildman–Crippen LogP) is 5.97. The number of pyridine rings is 1. The van der Waals surface area contributed by atoms with E-state index in [4.69, 9.17) is 20.4 Å². The molecule has 0 atom stereocenters. The number of fused-ring (bicyclic) bond motifs is 3. The first-order valence-electron chi connectivity index (χ1n) is 12.0. The molecule has 33 heavy (non-hydrogen) atoms. The van der Waals surface area contributed by atoms with Crippen molar-refractivity contribution >= 4 is 33.4 Å². The lowest BCUT2D eigenvalue weighted by molar-refractivity contribution is 0.185. The van der Waals surface area contributed by atoms with Crippen molar-refractivity contribution in [2.45, 2.75) is 59.6 Å². The number of imidazole rings is 1. The SMILES string of the molecule is CC.CCCCc1nc2c(NC)nc3cc(COC)ccc3c2n1CCc1ccc(N)cc1. The number of aryl methyl sites for hydroxylation is 3. The second-order valence-electron chi connectivity index (χ2n) is 7.97. The Morgan fingerprint density at radius 2 is 1.73 bits per heavy atom. The van der Waals surface area contributed by atoms with Crippen LogP contribution in [-0.4, -0.2) is 28.7 Å². The number of methoxy groups -OCH3 is 1. The van der Waals surface area contributed by atoms with Crippen molar-refractivity contribution in [3.05, 3.63) is 59.4 Å². The van der Waals surface area contributed by atoms with Crippen LogP contribution in [0, 0.1) is 0 Å². The van der Waals surface area contributed by atoms with E-state index in [-0.39, 0.29) is 0 Å². The van der Waals surface area contributed by atoms with E-state index in [9.17, 15) is 0 Å². The molecule has 0 amide bonds. The van der Waals surface area contributed by atoms with Gasteiger partial charge >= 0.3 is 0 Å². The molecule has 6 nitrogen and oxygen atoms in total. The summed E-state index contributed by atoms with van der Waals surface area (Å²) in [6, 6.07) is 14.5. The van der Waals surface area contributed by atoms with E-state index in [0.29, 0.717) is 6.61 Å². The van der Waals surface area contributed by atoms with Crippen LogP contribution in [0.5, 0.6) is 0 Å². The topological polar surface area (TPSA) is 78.0 Å². The number of nitrogens with one attached hydrogen (secondary N) is 1. The lowest BCUT2D eigenvalue weighted by atomic mass is 10.1. The fraction of sp³-hybridized carbons (Fsp3) is 0.407. The second kappa shape index (κ2) is 11.7.